The minimum Gasteiger partial charge on any atom is -0.405 e. The third kappa shape index (κ3) is 21.7. The lowest BCUT2D eigenvalue weighted by Gasteiger charge is -2.12. The van der Waals surface area contributed by atoms with Gasteiger partial charge in [0.05, 0.1) is 16.1 Å². The van der Waals surface area contributed by atoms with Crippen molar-refractivity contribution in [2.24, 2.45) is 17.4 Å². The molecule has 216 valence electrons. The summed E-state index contributed by atoms with van der Waals surface area (Å²) < 4.78 is 0. The van der Waals surface area contributed by atoms with Gasteiger partial charge in [-0.1, -0.05) is 70.7 Å². The number of hydrogen-bond donors (Lipinski definition) is 3. The van der Waals surface area contributed by atoms with Gasteiger partial charge in [-0.15, -0.1) is 17.9 Å². The number of nitrogens with zero attached hydrogens (tertiary/aromatic N) is 2. The van der Waals surface area contributed by atoms with Gasteiger partial charge in [0.25, 0.3) is 0 Å². The van der Waals surface area contributed by atoms with Crippen LogP contribution in [0.3, 0.4) is 0 Å². The molecule has 2 aromatic rings. The fourth-order valence-electron chi connectivity index (χ4n) is 3.23. The van der Waals surface area contributed by atoms with Gasteiger partial charge in [0.15, 0.2) is 0 Å². The molecule has 1 aromatic heterocycles. The van der Waals surface area contributed by atoms with E-state index < -0.39 is 0 Å². The Morgan fingerprint density at radius 3 is 2.11 bits per heavy atom. The maximum absolute atomic E-state index is 5.28. The van der Waals surface area contributed by atoms with Crippen molar-refractivity contribution in [3.05, 3.63) is 79.2 Å². The number of likely N-dealkylation sites (tertiary alicyclic amines) is 1. The molecule has 0 aliphatic carbocycles. The van der Waals surface area contributed by atoms with Crippen molar-refractivity contribution < 1.29 is 0 Å². The number of nitrogens with one attached hydrogen (secondary N) is 1. The normalized spacial score (nSPS) is 13.7. The van der Waals surface area contributed by atoms with E-state index in [4.69, 9.17) is 5.73 Å². The first-order valence-corrected chi connectivity index (χ1v) is 14.7. The number of aromatic nitrogens is 1. The van der Waals surface area contributed by atoms with E-state index in [0.717, 1.165) is 43.6 Å². The van der Waals surface area contributed by atoms with Crippen LogP contribution in [0.4, 0.5) is 0 Å². The molecule has 0 saturated carbocycles. The summed E-state index contributed by atoms with van der Waals surface area (Å²) in [6.45, 7) is 24.2. The Bertz CT molecular complexity index is 803. The van der Waals surface area contributed by atoms with Crippen LogP contribution in [0, 0.1) is 12.8 Å². The summed E-state index contributed by atoms with van der Waals surface area (Å²) in [5.74, 6) is 0.833. The van der Waals surface area contributed by atoms with Crippen molar-refractivity contribution in [1.82, 2.24) is 15.2 Å². The summed E-state index contributed by atoms with van der Waals surface area (Å²) in [5, 5.41) is 3.08. The molecule has 6 heteroatoms. The van der Waals surface area contributed by atoms with Crippen molar-refractivity contribution >= 4 is 11.3 Å². The number of benzene rings is 1. The first-order valence-electron chi connectivity index (χ1n) is 13.9. The van der Waals surface area contributed by atoms with E-state index in [1.165, 1.54) is 54.4 Å². The molecule has 5 N–H and O–H groups in total. The molecular formula is C32H57N5S. The second kappa shape index (κ2) is 26.2. The highest BCUT2D eigenvalue weighted by molar-refractivity contribution is 7.13. The molecule has 1 saturated heterocycles. The Morgan fingerprint density at radius 2 is 1.74 bits per heavy atom. The van der Waals surface area contributed by atoms with Crippen molar-refractivity contribution in [2.45, 2.75) is 85.7 Å². The fraction of sp³-hybridized carbons (Fsp3) is 0.531. The maximum Gasteiger partial charge on any atom is 0.0801 e. The van der Waals surface area contributed by atoms with Crippen LogP contribution in [-0.4, -0.2) is 36.1 Å². The lowest BCUT2D eigenvalue weighted by atomic mass is 10.1. The van der Waals surface area contributed by atoms with Crippen molar-refractivity contribution in [3.8, 4) is 10.4 Å². The number of rotatable bonds is 9. The minimum atomic E-state index is 0.825. The second-order valence-corrected chi connectivity index (χ2v) is 10.8. The standard InChI is InChI=1S/C13H14N2S.C7H15N.C6H13N.C4H10.C2H5N/c1-3-14-8-11-4-6-12(7-5-11)13-10(2)15-9-16-13;1-2-3-4-5-6-7-8;1-6-4-3-5-7(6)2;1-4(2)3;1-2-3/h3-7,9,14H,1,8H2,2H3;2H,1,3-8H2;6H,3-5H2,1-2H3;4H,1-3H3;2H,1,3H2. The molecule has 38 heavy (non-hydrogen) atoms. The number of thiazole rings is 1. The number of unbranched alkanes of at least 4 members (excludes halogenated alkanes) is 3. The highest BCUT2D eigenvalue weighted by Gasteiger charge is 2.14. The van der Waals surface area contributed by atoms with Crippen LogP contribution in [-0.2, 0) is 6.54 Å². The topological polar surface area (TPSA) is 80.2 Å². The van der Waals surface area contributed by atoms with Crippen LogP contribution >= 0.6 is 11.3 Å². The molecule has 3 rings (SSSR count). The summed E-state index contributed by atoms with van der Waals surface area (Å²) in [5.41, 5.74) is 15.4. The van der Waals surface area contributed by atoms with E-state index in [2.05, 4.69) is 99.7 Å². The van der Waals surface area contributed by atoms with E-state index in [0.29, 0.717) is 0 Å². The predicted molar refractivity (Wildman–Crippen MR) is 173 cm³/mol. The average Bonchev–Trinajstić information content (AvgIpc) is 3.49. The highest BCUT2D eigenvalue weighted by Crippen LogP contribution is 2.27. The summed E-state index contributed by atoms with van der Waals surface area (Å²) in [6.07, 6.45) is 12.5. The van der Waals surface area contributed by atoms with Crippen LogP contribution < -0.4 is 16.8 Å². The molecule has 1 atom stereocenters. The Hall–Kier alpha value is -2.41. The van der Waals surface area contributed by atoms with Crippen molar-refractivity contribution in [1.29, 1.82) is 0 Å². The van der Waals surface area contributed by atoms with Crippen LogP contribution in [0.5, 0.6) is 0 Å². The molecular weight excluding hydrogens is 486 g/mol. The molecule has 0 spiro atoms. The molecule has 1 fully saturated rings. The van der Waals surface area contributed by atoms with E-state index in [1.807, 2.05) is 18.5 Å². The van der Waals surface area contributed by atoms with Gasteiger partial charge in [0, 0.05) is 12.6 Å². The molecule has 2 heterocycles. The van der Waals surface area contributed by atoms with Gasteiger partial charge in [-0.2, -0.15) is 0 Å². The van der Waals surface area contributed by atoms with Crippen molar-refractivity contribution in [3.63, 3.8) is 0 Å². The van der Waals surface area contributed by atoms with Gasteiger partial charge in [0.1, 0.15) is 0 Å². The van der Waals surface area contributed by atoms with Crippen LogP contribution in [0.15, 0.2) is 68.0 Å². The summed E-state index contributed by atoms with van der Waals surface area (Å²) in [7, 11) is 2.19. The van der Waals surface area contributed by atoms with E-state index in [-0.39, 0.29) is 0 Å². The Balaban J connectivity index is 0. The number of aryl methyl sites for hydroxylation is 1. The second-order valence-electron chi connectivity index (χ2n) is 9.92. The van der Waals surface area contributed by atoms with Gasteiger partial charge < -0.3 is 21.7 Å². The first kappa shape index (κ1) is 37.7. The number of nitrogens with two attached hydrogens (primary N) is 2. The Morgan fingerprint density at radius 1 is 1.13 bits per heavy atom. The largest absolute Gasteiger partial charge is 0.405 e. The van der Waals surface area contributed by atoms with Crippen LogP contribution in [0.2, 0.25) is 0 Å². The molecule has 1 aliphatic heterocycles. The third-order valence-corrected chi connectivity index (χ3v) is 6.39. The van der Waals surface area contributed by atoms with Crippen LogP contribution in [0.25, 0.3) is 10.4 Å². The van der Waals surface area contributed by atoms with Crippen molar-refractivity contribution in [2.75, 3.05) is 20.1 Å². The molecule has 1 aromatic carbocycles. The fourth-order valence-corrected chi connectivity index (χ4v) is 4.04. The molecule has 1 aliphatic rings. The highest BCUT2D eigenvalue weighted by atomic mass is 32.1. The molecule has 5 nitrogen and oxygen atoms in total. The average molecular weight is 544 g/mol. The van der Waals surface area contributed by atoms with E-state index in [9.17, 15) is 0 Å². The number of allylic oxidation sites excluding steroid dienone is 1. The van der Waals surface area contributed by atoms with E-state index >= 15 is 0 Å². The maximum atomic E-state index is 5.28. The summed E-state index contributed by atoms with van der Waals surface area (Å²) >= 11 is 1.68. The van der Waals surface area contributed by atoms with Gasteiger partial charge in [0.2, 0.25) is 0 Å². The number of hydrogen-bond acceptors (Lipinski definition) is 6. The molecule has 0 bridgehead atoms. The Kier molecular flexibility index (Phi) is 26.0. The molecule has 0 amide bonds. The van der Waals surface area contributed by atoms with E-state index in [1.54, 1.807) is 17.5 Å². The summed E-state index contributed by atoms with van der Waals surface area (Å²) in [6, 6.07) is 9.39. The van der Waals surface area contributed by atoms with Gasteiger partial charge in [-0.25, -0.2) is 4.98 Å². The molecule has 0 radical (unpaired) electrons. The zero-order valence-electron chi connectivity index (χ0n) is 25.2. The first-order chi connectivity index (χ1) is 18.2. The van der Waals surface area contributed by atoms with Gasteiger partial charge >= 0.3 is 0 Å². The summed E-state index contributed by atoms with van der Waals surface area (Å²) in [4.78, 5) is 7.91. The quantitative estimate of drug-likeness (QED) is 0.221. The zero-order chi connectivity index (χ0) is 29.2. The minimum absolute atomic E-state index is 0.825. The van der Waals surface area contributed by atoms with Crippen LogP contribution in [0.1, 0.15) is 77.5 Å². The zero-order valence-corrected chi connectivity index (χ0v) is 26.0. The monoisotopic (exact) mass is 543 g/mol. The van der Waals surface area contributed by atoms with Gasteiger partial charge in [-0.05, 0) is 95.5 Å². The molecule has 1 unspecified atom stereocenters. The lowest BCUT2D eigenvalue weighted by Crippen LogP contribution is -2.20. The predicted octanol–water partition coefficient (Wildman–Crippen LogP) is 7.89. The third-order valence-electron chi connectivity index (χ3n) is 5.41. The Labute approximate surface area is 239 Å². The lowest BCUT2D eigenvalue weighted by molar-refractivity contribution is 0.331. The van der Waals surface area contributed by atoms with Gasteiger partial charge in [-0.3, -0.25) is 0 Å². The smallest absolute Gasteiger partial charge is 0.0801 e. The SMILES string of the molecule is C=CCCCCCN.C=CN.C=CNCc1ccc(-c2scnc2C)cc1.CC(C)C.CC1CCCN1C.